The Morgan fingerprint density at radius 1 is 1.22 bits per heavy atom. The summed E-state index contributed by atoms with van der Waals surface area (Å²) in [6, 6.07) is 1.72. The maximum atomic E-state index is 13.1. The molecule has 0 atom stereocenters. The molecular formula is C17H29ClF2N2O. The van der Waals surface area contributed by atoms with Gasteiger partial charge in [0.1, 0.15) is 5.75 Å². The van der Waals surface area contributed by atoms with Crippen molar-refractivity contribution >= 4 is 11.6 Å². The number of alkyl halides is 2. The molecule has 0 unspecified atom stereocenters. The second kappa shape index (κ2) is 10.8. The van der Waals surface area contributed by atoms with E-state index in [9.17, 15) is 8.78 Å². The quantitative estimate of drug-likeness (QED) is 0.736. The summed E-state index contributed by atoms with van der Waals surface area (Å²) in [7, 11) is 1.56. The molecule has 0 amide bonds. The van der Waals surface area contributed by atoms with Crippen LogP contribution in [0.5, 0.6) is 5.75 Å². The van der Waals surface area contributed by atoms with Gasteiger partial charge in [-0.25, -0.2) is 8.78 Å². The largest absolute Gasteiger partial charge is 0.495 e. The van der Waals surface area contributed by atoms with E-state index < -0.39 is 5.92 Å². The summed E-state index contributed by atoms with van der Waals surface area (Å²) >= 11 is 6.14. The molecule has 0 saturated carbocycles. The topological polar surface area (TPSA) is 25.4 Å². The van der Waals surface area contributed by atoms with Crippen molar-refractivity contribution in [3.8, 4) is 5.75 Å². The Morgan fingerprint density at radius 2 is 1.74 bits per heavy atom. The Bertz CT molecular complexity index is 460. The number of rotatable bonds is 3. The van der Waals surface area contributed by atoms with E-state index in [1.807, 2.05) is 39.5 Å². The van der Waals surface area contributed by atoms with Crippen LogP contribution in [0.3, 0.4) is 0 Å². The van der Waals surface area contributed by atoms with Gasteiger partial charge in [0.15, 0.2) is 0 Å². The summed E-state index contributed by atoms with van der Waals surface area (Å²) in [5, 5.41) is 0.514. The molecule has 1 aliphatic heterocycles. The number of likely N-dealkylation sites (tertiary alicyclic amines) is 1. The number of hydrogen-bond acceptors (Lipinski definition) is 3. The molecule has 23 heavy (non-hydrogen) atoms. The smallest absolute Gasteiger partial charge is 0.250 e. The molecule has 1 aliphatic rings. The summed E-state index contributed by atoms with van der Waals surface area (Å²) < 4.78 is 31.3. The van der Waals surface area contributed by atoms with Crippen LogP contribution in [-0.2, 0) is 6.54 Å². The minimum atomic E-state index is -2.52. The Kier molecular flexibility index (Phi) is 10.3. The van der Waals surface area contributed by atoms with Gasteiger partial charge in [-0.05, 0) is 6.92 Å². The third kappa shape index (κ3) is 7.00. The normalized spacial score (nSPS) is 16.6. The lowest BCUT2D eigenvalue weighted by molar-refractivity contribution is -0.0568. The van der Waals surface area contributed by atoms with Gasteiger partial charge >= 0.3 is 0 Å². The van der Waals surface area contributed by atoms with E-state index in [-0.39, 0.29) is 12.8 Å². The molecule has 0 spiro atoms. The lowest BCUT2D eigenvalue weighted by atomic mass is 10.1. The van der Waals surface area contributed by atoms with Gasteiger partial charge in [-0.3, -0.25) is 9.88 Å². The van der Waals surface area contributed by atoms with Crippen molar-refractivity contribution in [1.29, 1.82) is 0 Å². The summed E-state index contributed by atoms with van der Waals surface area (Å²) in [6.45, 7) is 11.1. The number of aryl methyl sites for hydroxylation is 1. The summed E-state index contributed by atoms with van der Waals surface area (Å²) in [5.41, 5.74) is 1.47. The predicted octanol–water partition coefficient (Wildman–Crippen LogP) is 5.34. The first-order chi connectivity index (χ1) is 10.9. The van der Waals surface area contributed by atoms with Crippen LogP contribution in [0.1, 0.15) is 51.9 Å². The number of methoxy groups -OCH3 is 1. The van der Waals surface area contributed by atoms with Crippen LogP contribution in [-0.4, -0.2) is 36.0 Å². The van der Waals surface area contributed by atoms with Crippen molar-refractivity contribution in [2.45, 2.75) is 59.9 Å². The molecule has 3 nitrogen and oxygen atoms in total. The molecule has 0 radical (unpaired) electrons. The van der Waals surface area contributed by atoms with Crippen molar-refractivity contribution in [3.63, 3.8) is 0 Å². The molecule has 2 heterocycles. The minimum absolute atomic E-state index is 0.0975. The molecule has 6 heteroatoms. The first kappa shape index (κ1) is 22.1. The van der Waals surface area contributed by atoms with Crippen molar-refractivity contribution in [2.24, 2.45) is 0 Å². The molecule has 1 aromatic heterocycles. The lowest BCUT2D eigenvalue weighted by Gasteiger charge is -2.31. The van der Waals surface area contributed by atoms with Crippen LogP contribution in [0.15, 0.2) is 6.07 Å². The van der Waals surface area contributed by atoms with Crippen molar-refractivity contribution < 1.29 is 13.5 Å². The number of hydrogen-bond donors (Lipinski definition) is 0. The highest BCUT2D eigenvalue weighted by molar-refractivity contribution is 6.31. The number of aromatic nitrogens is 1. The highest BCUT2D eigenvalue weighted by Gasteiger charge is 2.34. The first-order valence-corrected chi connectivity index (χ1v) is 8.59. The first-order valence-electron chi connectivity index (χ1n) is 8.21. The average Bonchev–Trinajstić information content (AvgIpc) is 2.56. The van der Waals surface area contributed by atoms with E-state index in [2.05, 4.69) is 4.98 Å². The summed E-state index contributed by atoms with van der Waals surface area (Å²) in [6.07, 6.45) is -0.195. The fourth-order valence-electron chi connectivity index (χ4n) is 2.18. The van der Waals surface area contributed by atoms with Gasteiger partial charge in [-0.2, -0.15) is 0 Å². The molecule has 0 N–H and O–H groups in total. The van der Waals surface area contributed by atoms with E-state index in [1.54, 1.807) is 13.2 Å². The number of pyridine rings is 1. The molecular weight excluding hydrogens is 322 g/mol. The molecule has 134 valence electrons. The second-order valence-corrected chi connectivity index (χ2v) is 5.24. The second-order valence-electron chi connectivity index (χ2n) is 4.84. The van der Waals surface area contributed by atoms with E-state index in [1.165, 1.54) is 0 Å². The van der Waals surface area contributed by atoms with E-state index in [4.69, 9.17) is 16.3 Å². The zero-order valence-corrected chi connectivity index (χ0v) is 15.8. The van der Waals surface area contributed by atoms with Crippen molar-refractivity contribution in [1.82, 2.24) is 9.88 Å². The van der Waals surface area contributed by atoms with Crippen LogP contribution in [0.2, 0.25) is 5.02 Å². The molecule has 1 saturated heterocycles. The third-order valence-electron chi connectivity index (χ3n) is 3.37. The standard InChI is InChI=1S/C13H17ClF2N2O.2C2H6/c1-9-12(19-2)7-10(14)11(17-9)8-18-5-3-13(15,16)4-6-18;2*1-2/h7H,3-6,8H2,1-2H3;2*1-2H3. The molecule has 1 aromatic rings. The SMILES string of the molecule is CC.CC.COc1cc(Cl)c(CN2CCC(F)(F)CC2)nc1C. The van der Waals surface area contributed by atoms with Gasteiger partial charge < -0.3 is 4.74 Å². The third-order valence-corrected chi connectivity index (χ3v) is 3.70. The molecule has 0 bridgehead atoms. The van der Waals surface area contributed by atoms with Crippen LogP contribution in [0, 0.1) is 6.92 Å². The van der Waals surface area contributed by atoms with E-state index in [0.29, 0.717) is 36.1 Å². The zero-order valence-electron chi connectivity index (χ0n) is 15.0. The fourth-order valence-corrected chi connectivity index (χ4v) is 2.38. The Hall–Kier alpha value is -0.940. The molecule has 0 aromatic carbocycles. The Labute approximate surface area is 144 Å². The summed E-state index contributed by atoms with van der Waals surface area (Å²) in [4.78, 5) is 6.34. The van der Waals surface area contributed by atoms with Gasteiger partial charge in [0, 0.05) is 38.5 Å². The van der Waals surface area contributed by atoms with Gasteiger partial charge in [0.2, 0.25) is 0 Å². The monoisotopic (exact) mass is 350 g/mol. The predicted molar refractivity (Wildman–Crippen MR) is 92.7 cm³/mol. The van der Waals surface area contributed by atoms with E-state index in [0.717, 1.165) is 5.69 Å². The minimum Gasteiger partial charge on any atom is -0.495 e. The van der Waals surface area contributed by atoms with Crippen LogP contribution in [0.4, 0.5) is 8.78 Å². The average molecular weight is 351 g/mol. The van der Waals surface area contributed by atoms with Crippen LogP contribution in [0.25, 0.3) is 0 Å². The van der Waals surface area contributed by atoms with Gasteiger partial charge in [-0.1, -0.05) is 39.3 Å². The van der Waals surface area contributed by atoms with Crippen molar-refractivity contribution in [2.75, 3.05) is 20.2 Å². The maximum Gasteiger partial charge on any atom is 0.250 e. The lowest BCUT2D eigenvalue weighted by Crippen LogP contribution is -2.39. The molecule has 1 fully saturated rings. The van der Waals surface area contributed by atoms with E-state index >= 15 is 0 Å². The highest BCUT2D eigenvalue weighted by Crippen LogP contribution is 2.30. The number of piperidine rings is 1. The molecule has 2 rings (SSSR count). The molecule has 0 aliphatic carbocycles. The fraction of sp³-hybridized carbons (Fsp3) is 0.706. The maximum absolute atomic E-state index is 13.1. The number of nitrogens with zero attached hydrogens (tertiary/aromatic N) is 2. The van der Waals surface area contributed by atoms with Crippen LogP contribution < -0.4 is 4.74 Å². The Morgan fingerprint density at radius 3 is 2.22 bits per heavy atom. The van der Waals surface area contributed by atoms with Crippen molar-refractivity contribution in [3.05, 3.63) is 22.5 Å². The Balaban J connectivity index is 0.00000112. The van der Waals surface area contributed by atoms with Crippen LogP contribution >= 0.6 is 11.6 Å². The zero-order chi connectivity index (χ0) is 18.0. The van der Waals surface area contributed by atoms with Gasteiger partial charge in [-0.15, -0.1) is 0 Å². The van der Waals surface area contributed by atoms with Gasteiger partial charge in [0.05, 0.1) is 23.5 Å². The number of ether oxygens (including phenoxy) is 1. The summed E-state index contributed by atoms with van der Waals surface area (Å²) in [5.74, 6) is -1.89. The highest BCUT2D eigenvalue weighted by atomic mass is 35.5. The van der Waals surface area contributed by atoms with Gasteiger partial charge in [0.25, 0.3) is 5.92 Å². The number of halogens is 3.